The molecule has 0 bridgehead atoms. The average molecular weight is 558 g/mol. The molecule has 0 N–H and O–H groups in total. The predicted octanol–water partition coefficient (Wildman–Crippen LogP) is -2.31. The van der Waals surface area contributed by atoms with Gasteiger partial charge in [-0.2, -0.15) is 0 Å². The second-order valence-electron chi connectivity index (χ2n) is 8.37. The number of fused-ring (bicyclic) bond motifs is 2. The van der Waals surface area contributed by atoms with E-state index >= 15 is 0 Å². The first-order valence-corrected chi connectivity index (χ1v) is 14.8. The number of rotatable bonds is 4. The standard InChI is InChI=1S/C19H13.2C6H5.2ClH.Zr/c1-13-10-11-16-15-8-4-5-9-17(15)19(18(16)12-13)14-6-2-3-7-14;2*1-2-4-6-5-3-1;;;/h2-6,8-11H,1,7H2;2*1-5H;2*1H;/q;;;;;+2/p-2. The van der Waals surface area contributed by atoms with Crippen molar-refractivity contribution in [2.45, 2.75) is 6.42 Å². The van der Waals surface area contributed by atoms with Crippen LogP contribution in [0.5, 0.6) is 0 Å². The molecule has 0 radical (unpaired) electrons. The molecule has 0 spiro atoms. The second-order valence-corrected chi connectivity index (χ2v) is 14.3. The molecular weight excluding hydrogens is 534 g/mol. The molecule has 4 aromatic carbocycles. The van der Waals surface area contributed by atoms with Crippen molar-refractivity contribution < 1.29 is 46.6 Å². The van der Waals surface area contributed by atoms with Gasteiger partial charge in [0.25, 0.3) is 0 Å². The Labute approximate surface area is 220 Å². The Morgan fingerprint density at radius 2 is 1.21 bits per heavy atom. The summed E-state index contributed by atoms with van der Waals surface area (Å²) in [7, 11) is 0. The molecule has 0 aliphatic heterocycles. The maximum absolute atomic E-state index is 4.59. The minimum Gasteiger partial charge on any atom is -1.00 e. The maximum atomic E-state index is 4.59. The summed E-state index contributed by atoms with van der Waals surface area (Å²) in [5.74, 6) is 0. The fraction of sp³-hybridized carbons (Fsp3) is 0.0323. The second kappa shape index (κ2) is 10.4. The fourth-order valence-electron chi connectivity index (χ4n) is 5.12. The number of halogens is 2. The van der Waals surface area contributed by atoms with Gasteiger partial charge in [-0.3, -0.25) is 0 Å². The normalized spacial score (nSPS) is 12.8. The molecule has 34 heavy (non-hydrogen) atoms. The molecule has 0 atom stereocenters. The van der Waals surface area contributed by atoms with Crippen molar-refractivity contribution in [3.63, 3.8) is 0 Å². The van der Waals surface area contributed by atoms with Gasteiger partial charge in [-0.1, -0.05) is 0 Å². The largest absolute Gasteiger partial charge is 1.00 e. The molecule has 0 saturated heterocycles. The van der Waals surface area contributed by atoms with Gasteiger partial charge >= 0.3 is 197 Å². The summed E-state index contributed by atoms with van der Waals surface area (Å²) in [4.78, 5) is 0. The van der Waals surface area contributed by atoms with Gasteiger partial charge in [0.1, 0.15) is 0 Å². The monoisotopic (exact) mass is 555 g/mol. The molecular formula is C31H23Cl2Zr. The van der Waals surface area contributed by atoms with Crippen LogP contribution in [-0.4, -0.2) is 0 Å². The molecule has 3 heteroatoms. The van der Waals surface area contributed by atoms with Gasteiger partial charge in [0.2, 0.25) is 0 Å². The predicted molar refractivity (Wildman–Crippen MR) is 131 cm³/mol. The summed E-state index contributed by atoms with van der Waals surface area (Å²) >= 11 is -2.51. The van der Waals surface area contributed by atoms with Crippen LogP contribution in [-0.2, 0) is 21.8 Å². The van der Waals surface area contributed by atoms with E-state index in [1.807, 2.05) is 0 Å². The summed E-state index contributed by atoms with van der Waals surface area (Å²) in [5.41, 5.74) is 4.29. The van der Waals surface area contributed by atoms with Gasteiger partial charge in [0.15, 0.2) is 0 Å². The van der Waals surface area contributed by atoms with Crippen molar-refractivity contribution in [1.82, 2.24) is 0 Å². The molecule has 2 aliphatic rings. The average Bonchev–Trinajstić information content (AvgIpc) is 3.48. The smallest absolute Gasteiger partial charge is 1.00 e. The van der Waals surface area contributed by atoms with Gasteiger partial charge in [0, 0.05) is 0 Å². The zero-order valence-corrected chi connectivity index (χ0v) is 22.6. The summed E-state index contributed by atoms with van der Waals surface area (Å²) < 4.78 is 4.50. The van der Waals surface area contributed by atoms with Gasteiger partial charge in [-0.25, -0.2) is 0 Å². The Hall–Kier alpha value is -2.44. The summed E-state index contributed by atoms with van der Waals surface area (Å²) in [5, 5.41) is 5.28. The molecule has 4 aromatic rings. The Bertz CT molecular complexity index is 1560. The van der Waals surface area contributed by atoms with E-state index in [1.165, 1.54) is 47.4 Å². The van der Waals surface area contributed by atoms with Crippen LogP contribution in [0.15, 0.2) is 121 Å². The molecule has 2 aliphatic carbocycles. The fourth-order valence-corrected chi connectivity index (χ4v) is 12.2. The number of benzene rings is 4. The first kappa shape index (κ1) is 24.7. The molecule has 6 rings (SSSR count). The van der Waals surface area contributed by atoms with Gasteiger partial charge < -0.3 is 24.8 Å². The summed E-state index contributed by atoms with van der Waals surface area (Å²) in [6.45, 7) is 4.59. The van der Waals surface area contributed by atoms with E-state index in [2.05, 4.69) is 122 Å². The van der Waals surface area contributed by atoms with Crippen molar-refractivity contribution in [2.75, 3.05) is 0 Å². The van der Waals surface area contributed by atoms with E-state index in [4.69, 9.17) is 0 Å². The van der Waals surface area contributed by atoms with E-state index in [9.17, 15) is 0 Å². The zero-order valence-electron chi connectivity index (χ0n) is 18.6. The molecule has 0 aromatic heterocycles. The first-order valence-electron chi connectivity index (χ1n) is 11.1. The molecule has 0 amide bonds. The third-order valence-electron chi connectivity index (χ3n) is 6.50. The summed E-state index contributed by atoms with van der Waals surface area (Å²) in [6, 6.07) is 35.8. The van der Waals surface area contributed by atoms with Crippen molar-refractivity contribution in [1.29, 1.82) is 0 Å². The Balaban J connectivity index is 0.00000137. The van der Waals surface area contributed by atoms with Gasteiger partial charge in [-0.05, 0) is 0 Å². The van der Waals surface area contributed by atoms with Crippen molar-refractivity contribution in [2.24, 2.45) is 0 Å². The molecule has 165 valence electrons. The SMILES string of the molecule is C=c1ccc2c([c]1[Zr+2]([c]1ccccc1)[c]1ccccc1)C(C1=CC=CC1)=c1ccccc1=2.[Cl-].[Cl-]. The minimum atomic E-state index is -2.51. The maximum Gasteiger partial charge on any atom is -1.00 e. The zero-order chi connectivity index (χ0) is 21.5. The van der Waals surface area contributed by atoms with Gasteiger partial charge in [-0.15, -0.1) is 0 Å². The number of hydrogen-bond donors (Lipinski definition) is 0. The quantitative estimate of drug-likeness (QED) is 0.265. The topological polar surface area (TPSA) is 0 Å². The van der Waals surface area contributed by atoms with Crippen LogP contribution in [0.4, 0.5) is 0 Å². The van der Waals surface area contributed by atoms with Crippen molar-refractivity contribution >= 4 is 22.0 Å². The molecule has 0 unspecified atom stereocenters. The third kappa shape index (κ3) is 4.11. The van der Waals surface area contributed by atoms with E-state index in [-0.39, 0.29) is 24.8 Å². The van der Waals surface area contributed by atoms with Crippen LogP contribution in [0.1, 0.15) is 12.0 Å². The van der Waals surface area contributed by atoms with Crippen LogP contribution in [0.2, 0.25) is 0 Å². The van der Waals surface area contributed by atoms with E-state index < -0.39 is 21.8 Å². The number of hydrogen-bond acceptors (Lipinski definition) is 0. The Morgan fingerprint density at radius 3 is 1.79 bits per heavy atom. The van der Waals surface area contributed by atoms with Crippen molar-refractivity contribution in [3.8, 4) is 0 Å². The van der Waals surface area contributed by atoms with Crippen LogP contribution in [0.3, 0.4) is 0 Å². The first-order chi connectivity index (χ1) is 15.8. The van der Waals surface area contributed by atoms with E-state index in [0.29, 0.717) is 0 Å². The molecule has 0 nitrogen and oxygen atoms in total. The Morgan fingerprint density at radius 1 is 0.618 bits per heavy atom. The van der Waals surface area contributed by atoms with E-state index in [1.54, 1.807) is 0 Å². The minimum absolute atomic E-state index is 0. The summed E-state index contributed by atoms with van der Waals surface area (Å²) in [6.07, 6.45) is 7.77. The van der Waals surface area contributed by atoms with Crippen LogP contribution >= 0.6 is 0 Å². The molecule has 0 saturated carbocycles. The molecule has 0 fully saturated rings. The number of allylic oxidation sites excluding steroid dienone is 4. The van der Waals surface area contributed by atoms with Crippen molar-refractivity contribution in [3.05, 3.63) is 147 Å². The van der Waals surface area contributed by atoms with Crippen LogP contribution in [0.25, 0.3) is 12.2 Å². The molecule has 0 heterocycles. The van der Waals surface area contributed by atoms with Crippen LogP contribution in [0, 0.1) is 10.4 Å². The van der Waals surface area contributed by atoms with Gasteiger partial charge in [0.05, 0.1) is 0 Å². The van der Waals surface area contributed by atoms with E-state index in [0.717, 1.165) is 6.42 Å². The Kier molecular flexibility index (Phi) is 7.58. The third-order valence-corrected chi connectivity index (χ3v) is 13.6. The van der Waals surface area contributed by atoms with Crippen LogP contribution < -0.4 is 45.1 Å².